The van der Waals surface area contributed by atoms with Gasteiger partial charge < -0.3 is 10.8 Å². The molecular formula is C13H17Cl2NO. The van der Waals surface area contributed by atoms with Gasteiger partial charge in [0.1, 0.15) is 0 Å². The fourth-order valence-corrected chi connectivity index (χ4v) is 3.10. The predicted molar refractivity (Wildman–Crippen MR) is 71.4 cm³/mol. The Bertz CT molecular complexity index is 371. The van der Waals surface area contributed by atoms with Gasteiger partial charge in [-0.2, -0.15) is 0 Å². The van der Waals surface area contributed by atoms with Crippen molar-refractivity contribution in [3.05, 3.63) is 33.8 Å². The fraction of sp³-hybridized carbons (Fsp3) is 0.538. The molecule has 94 valence electrons. The van der Waals surface area contributed by atoms with E-state index in [1.54, 1.807) is 18.2 Å². The quantitative estimate of drug-likeness (QED) is 0.885. The third kappa shape index (κ3) is 3.14. The first kappa shape index (κ1) is 13.2. The number of hydrogen-bond acceptors (Lipinski definition) is 2. The van der Waals surface area contributed by atoms with Gasteiger partial charge in [-0.15, -0.1) is 0 Å². The second-order valence-electron chi connectivity index (χ2n) is 4.76. The van der Waals surface area contributed by atoms with Gasteiger partial charge in [0.25, 0.3) is 0 Å². The predicted octanol–water partition coefficient (Wildman–Crippen LogP) is 3.54. The Hall–Kier alpha value is -0.280. The summed E-state index contributed by atoms with van der Waals surface area (Å²) in [5.74, 6) is 0.308. The van der Waals surface area contributed by atoms with Crippen molar-refractivity contribution >= 4 is 23.2 Å². The molecular weight excluding hydrogens is 257 g/mol. The lowest BCUT2D eigenvalue weighted by molar-refractivity contribution is 0.0845. The summed E-state index contributed by atoms with van der Waals surface area (Å²) in [7, 11) is 0. The van der Waals surface area contributed by atoms with E-state index in [1.165, 1.54) is 12.8 Å². The highest BCUT2D eigenvalue weighted by Crippen LogP contribution is 2.33. The van der Waals surface area contributed by atoms with Crippen LogP contribution in [0.3, 0.4) is 0 Å². The van der Waals surface area contributed by atoms with Crippen LogP contribution < -0.4 is 5.73 Å². The van der Waals surface area contributed by atoms with Gasteiger partial charge in [0.05, 0.1) is 12.1 Å². The van der Waals surface area contributed by atoms with Crippen LogP contribution in [0.2, 0.25) is 10.0 Å². The van der Waals surface area contributed by atoms with Crippen LogP contribution >= 0.6 is 23.2 Å². The van der Waals surface area contributed by atoms with Gasteiger partial charge in [-0.25, -0.2) is 0 Å². The molecule has 17 heavy (non-hydrogen) atoms. The van der Waals surface area contributed by atoms with Gasteiger partial charge in [-0.05, 0) is 42.5 Å². The van der Waals surface area contributed by atoms with Crippen LogP contribution in [0.25, 0.3) is 0 Å². The van der Waals surface area contributed by atoms with Gasteiger partial charge in [0.15, 0.2) is 0 Å². The number of rotatable bonds is 3. The molecule has 1 aromatic rings. The molecule has 0 radical (unpaired) electrons. The van der Waals surface area contributed by atoms with E-state index < -0.39 is 12.1 Å². The first-order valence-corrected chi connectivity index (χ1v) is 6.73. The lowest BCUT2D eigenvalue weighted by Crippen LogP contribution is -2.31. The van der Waals surface area contributed by atoms with Crippen molar-refractivity contribution in [1.82, 2.24) is 0 Å². The van der Waals surface area contributed by atoms with Crippen molar-refractivity contribution in [3.63, 3.8) is 0 Å². The van der Waals surface area contributed by atoms with Crippen LogP contribution in [0.4, 0.5) is 0 Å². The first-order chi connectivity index (χ1) is 8.08. The zero-order chi connectivity index (χ0) is 12.4. The number of nitrogens with two attached hydrogens (primary N) is 1. The molecule has 1 fully saturated rings. The highest BCUT2D eigenvalue weighted by Gasteiger charge is 2.28. The maximum atomic E-state index is 10.2. The van der Waals surface area contributed by atoms with Crippen LogP contribution in [0.1, 0.15) is 37.3 Å². The molecule has 2 rings (SSSR count). The Labute approximate surface area is 112 Å². The van der Waals surface area contributed by atoms with Crippen LogP contribution in [0, 0.1) is 5.92 Å². The topological polar surface area (TPSA) is 46.2 Å². The summed E-state index contributed by atoms with van der Waals surface area (Å²) in [6, 6.07) is 4.81. The summed E-state index contributed by atoms with van der Waals surface area (Å²) in [6.07, 6.45) is 3.98. The van der Waals surface area contributed by atoms with E-state index >= 15 is 0 Å². The number of aliphatic hydroxyl groups excluding tert-OH is 1. The molecule has 1 aromatic carbocycles. The van der Waals surface area contributed by atoms with Crippen molar-refractivity contribution in [2.45, 2.75) is 37.8 Å². The standard InChI is InChI=1S/C13H17Cl2NO/c14-10-5-9(6-11(15)7-10)12(16)13(17)8-3-1-2-4-8/h5-8,12-13,17H,1-4,16H2/t12-,13+/m0/s1. The van der Waals surface area contributed by atoms with Crippen molar-refractivity contribution in [1.29, 1.82) is 0 Å². The minimum absolute atomic E-state index is 0.308. The molecule has 0 spiro atoms. The number of halogens is 2. The zero-order valence-electron chi connectivity index (χ0n) is 9.57. The van der Waals surface area contributed by atoms with Gasteiger partial charge in [0, 0.05) is 10.0 Å². The van der Waals surface area contributed by atoms with Crippen molar-refractivity contribution in [3.8, 4) is 0 Å². The van der Waals surface area contributed by atoms with Gasteiger partial charge >= 0.3 is 0 Å². The lowest BCUT2D eigenvalue weighted by Gasteiger charge is -2.24. The molecule has 0 unspecified atom stereocenters. The number of aliphatic hydroxyl groups is 1. The summed E-state index contributed by atoms with van der Waals surface area (Å²) in [5, 5.41) is 11.4. The highest BCUT2D eigenvalue weighted by atomic mass is 35.5. The van der Waals surface area contributed by atoms with E-state index in [0.29, 0.717) is 16.0 Å². The Morgan fingerprint density at radius 2 is 1.65 bits per heavy atom. The van der Waals surface area contributed by atoms with Crippen LogP contribution in [-0.2, 0) is 0 Å². The van der Waals surface area contributed by atoms with E-state index in [9.17, 15) is 5.11 Å². The molecule has 1 aliphatic rings. The van der Waals surface area contributed by atoms with Crippen molar-refractivity contribution in [2.75, 3.05) is 0 Å². The first-order valence-electron chi connectivity index (χ1n) is 5.97. The second-order valence-corrected chi connectivity index (χ2v) is 5.64. The summed E-state index contributed by atoms with van der Waals surface area (Å²) >= 11 is 11.9. The lowest BCUT2D eigenvalue weighted by atomic mass is 9.91. The smallest absolute Gasteiger partial charge is 0.0760 e. The molecule has 0 saturated heterocycles. The minimum Gasteiger partial charge on any atom is -0.391 e. The van der Waals surface area contributed by atoms with E-state index in [4.69, 9.17) is 28.9 Å². The van der Waals surface area contributed by atoms with Crippen LogP contribution in [0.5, 0.6) is 0 Å². The summed E-state index contributed by atoms with van der Waals surface area (Å²) in [6.45, 7) is 0. The zero-order valence-corrected chi connectivity index (χ0v) is 11.1. The third-order valence-corrected chi connectivity index (χ3v) is 3.96. The Kier molecular flexibility index (Phi) is 4.31. The van der Waals surface area contributed by atoms with Crippen molar-refractivity contribution < 1.29 is 5.11 Å². The molecule has 3 N–H and O–H groups in total. The average molecular weight is 274 g/mol. The summed E-state index contributed by atoms with van der Waals surface area (Å²) in [4.78, 5) is 0. The molecule has 1 aliphatic carbocycles. The van der Waals surface area contributed by atoms with Gasteiger partial charge in [-0.3, -0.25) is 0 Å². The largest absolute Gasteiger partial charge is 0.391 e. The molecule has 0 aromatic heterocycles. The molecule has 0 amide bonds. The van der Waals surface area contributed by atoms with Gasteiger partial charge in [-0.1, -0.05) is 36.0 Å². The number of hydrogen-bond donors (Lipinski definition) is 2. The maximum Gasteiger partial charge on any atom is 0.0760 e. The monoisotopic (exact) mass is 273 g/mol. The molecule has 2 atom stereocenters. The van der Waals surface area contributed by atoms with Crippen molar-refractivity contribution in [2.24, 2.45) is 11.7 Å². The van der Waals surface area contributed by atoms with E-state index in [-0.39, 0.29) is 0 Å². The van der Waals surface area contributed by atoms with Crippen LogP contribution in [-0.4, -0.2) is 11.2 Å². The molecule has 4 heteroatoms. The summed E-state index contributed by atoms with van der Waals surface area (Å²) < 4.78 is 0. The molecule has 1 saturated carbocycles. The van der Waals surface area contributed by atoms with Gasteiger partial charge in [0.2, 0.25) is 0 Å². The van der Waals surface area contributed by atoms with E-state index in [0.717, 1.165) is 18.4 Å². The average Bonchev–Trinajstić information content (AvgIpc) is 2.79. The highest BCUT2D eigenvalue weighted by molar-refractivity contribution is 6.34. The van der Waals surface area contributed by atoms with Crippen LogP contribution in [0.15, 0.2) is 18.2 Å². The third-order valence-electron chi connectivity index (χ3n) is 3.52. The normalized spacial score (nSPS) is 20.5. The maximum absolute atomic E-state index is 10.2. The van der Waals surface area contributed by atoms with E-state index in [1.807, 2.05) is 0 Å². The number of benzene rings is 1. The fourth-order valence-electron chi connectivity index (χ4n) is 2.56. The molecule has 0 heterocycles. The SMILES string of the molecule is N[C@@H](c1cc(Cl)cc(Cl)c1)[C@H](O)C1CCCC1. The Balaban J connectivity index is 2.14. The molecule has 2 nitrogen and oxygen atoms in total. The summed E-state index contributed by atoms with van der Waals surface area (Å²) in [5.41, 5.74) is 6.90. The minimum atomic E-state index is -0.507. The Morgan fingerprint density at radius 3 is 2.18 bits per heavy atom. The molecule has 0 bridgehead atoms. The van der Waals surface area contributed by atoms with E-state index in [2.05, 4.69) is 0 Å². The Morgan fingerprint density at radius 1 is 1.12 bits per heavy atom. The molecule has 0 aliphatic heterocycles. The second kappa shape index (κ2) is 5.57.